The second kappa shape index (κ2) is 52.7. The number of unbranched alkanes of at least 4 members (excludes halogenated alkanes) is 28. The lowest BCUT2D eigenvalue weighted by Gasteiger charge is -2.18. The molecule has 0 saturated carbocycles. The van der Waals surface area contributed by atoms with E-state index in [9.17, 15) is 14.4 Å². The van der Waals surface area contributed by atoms with Crippen molar-refractivity contribution in [2.75, 3.05) is 13.2 Å². The topological polar surface area (TPSA) is 78.9 Å². The van der Waals surface area contributed by atoms with Gasteiger partial charge in [0.25, 0.3) is 0 Å². The number of esters is 3. The lowest BCUT2D eigenvalue weighted by molar-refractivity contribution is -0.167. The minimum atomic E-state index is -0.786. The Kier molecular flexibility index (Phi) is 50.4. The molecule has 0 aliphatic heterocycles. The fourth-order valence-corrected chi connectivity index (χ4v) is 7.70. The minimum absolute atomic E-state index is 0.0856. The number of ether oxygens (including phenoxy) is 3. The van der Waals surface area contributed by atoms with Crippen LogP contribution in [0.5, 0.6) is 0 Å². The Hall–Kier alpha value is -2.89. The van der Waals surface area contributed by atoms with E-state index in [0.29, 0.717) is 19.3 Å². The molecule has 0 aromatic carbocycles. The average molecular weight is 895 g/mol. The van der Waals surface area contributed by atoms with Crippen LogP contribution in [-0.4, -0.2) is 37.2 Å². The SMILES string of the molecule is CC/C=C\C/C=C\C/C=C\C/C=C\C/C=C\CCCCCC(=O)OC(COC(=O)CCCCCCC)COC(=O)CCCCCCCCCCCCCCCCCCCCCCCC. The van der Waals surface area contributed by atoms with Crippen molar-refractivity contribution in [1.82, 2.24) is 0 Å². The molecule has 0 radical (unpaired) electrons. The molecule has 0 spiro atoms. The molecule has 6 heteroatoms. The highest BCUT2D eigenvalue weighted by Crippen LogP contribution is 2.16. The van der Waals surface area contributed by atoms with E-state index in [2.05, 4.69) is 81.5 Å². The predicted molar refractivity (Wildman–Crippen MR) is 275 cm³/mol. The molecule has 0 bridgehead atoms. The molecule has 0 aliphatic carbocycles. The molecule has 0 N–H and O–H groups in total. The second-order valence-corrected chi connectivity index (χ2v) is 18.1. The first kappa shape index (κ1) is 61.1. The Balaban J connectivity index is 4.15. The van der Waals surface area contributed by atoms with Gasteiger partial charge in [0.15, 0.2) is 6.10 Å². The smallest absolute Gasteiger partial charge is 0.306 e. The molecule has 370 valence electrons. The number of carbonyl (C=O) groups is 3. The van der Waals surface area contributed by atoms with Gasteiger partial charge in [0.05, 0.1) is 0 Å². The van der Waals surface area contributed by atoms with E-state index in [1.54, 1.807) is 0 Å². The van der Waals surface area contributed by atoms with Gasteiger partial charge < -0.3 is 14.2 Å². The molecule has 0 aromatic rings. The quantitative estimate of drug-likeness (QED) is 0.0262. The van der Waals surface area contributed by atoms with Crippen LogP contribution < -0.4 is 0 Å². The largest absolute Gasteiger partial charge is 0.462 e. The number of carbonyl (C=O) groups excluding carboxylic acids is 3. The molecular formula is C58H102O6. The molecule has 64 heavy (non-hydrogen) atoms. The van der Waals surface area contributed by atoms with Gasteiger partial charge in [-0.2, -0.15) is 0 Å². The number of allylic oxidation sites excluding steroid dienone is 10. The summed E-state index contributed by atoms with van der Waals surface area (Å²) in [5.74, 6) is -0.925. The fraction of sp³-hybridized carbons (Fsp3) is 0.776. The number of hydrogen-bond donors (Lipinski definition) is 0. The predicted octanol–water partition coefficient (Wildman–Crippen LogP) is 18.0. The lowest BCUT2D eigenvalue weighted by atomic mass is 10.0. The first-order valence-electron chi connectivity index (χ1n) is 27.3. The van der Waals surface area contributed by atoms with Gasteiger partial charge in [-0.05, 0) is 64.2 Å². The molecule has 0 rings (SSSR count). The highest BCUT2D eigenvalue weighted by molar-refractivity contribution is 5.71. The zero-order chi connectivity index (χ0) is 46.5. The number of rotatable bonds is 49. The van der Waals surface area contributed by atoms with Crippen LogP contribution in [0.15, 0.2) is 60.8 Å². The highest BCUT2D eigenvalue weighted by atomic mass is 16.6. The monoisotopic (exact) mass is 895 g/mol. The summed E-state index contributed by atoms with van der Waals surface area (Å²) in [7, 11) is 0. The lowest BCUT2D eigenvalue weighted by Crippen LogP contribution is -2.30. The van der Waals surface area contributed by atoms with E-state index in [0.717, 1.165) is 103 Å². The summed E-state index contributed by atoms with van der Waals surface area (Å²) in [5.41, 5.74) is 0. The van der Waals surface area contributed by atoms with E-state index in [1.165, 1.54) is 128 Å². The Morgan fingerprint density at radius 2 is 0.609 bits per heavy atom. The van der Waals surface area contributed by atoms with Crippen molar-refractivity contribution >= 4 is 17.9 Å². The van der Waals surface area contributed by atoms with E-state index in [1.807, 2.05) is 0 Å². The standard InChI is InChI=1S/C58H102O6/c1-4-7-10-13-15-17-19-21-23-25-27-28-29-31-32-34-36-38-40-42-45-48-51-57(60)63-54-55(53-62-56(59)50-47-44-12-9-6-3)64-58(61)52-49-46-43-41-39-37-35-33-30-26-24-22-20-18-16-14-11-8-5-2/h8,11,16,18,22,24,30,33,37,39,55H,4-7,9-10,12-15,17,19-21,23,25-29,31-32,34-36,38,40-54H2,1-3H3/b11-8-,18-16-,24-22-,33-30-,39-37-. The van der Waals surface area contributed by atoms with Crippen LogP contribution in [-0.2, 0) is 28.6 Å². The third-order valence-corrected chi connectivity index (χ3v) is 11.8. The summed E-state index contributed by atoms with van der Waals surface area (Å²) in [6.07, 6.45) is 65.4. The van der Waals surface area contributed by atoms with E-state index in [-0.39, 0.29) is 31.1 Å². The molecule has 1 unspecified atom stereocenters. The van der Waals surface area contributed by atoms with Crippen LogP contribution in [0, 0.1) is 0 Å². The summed E-state index contributed by atoms with van der Waals surface area (Å²) >= 11 is 0. The Morgan fingerprint density at radius 3 is 0.953 bits per heavy atom. The summed E-state index contributed by atoms with van der Waals surface area (Å²) in [6.45, 7) is 6.44. The summed E-state index contributed by atoms with van der Waals surface area (Å²) in [6, 6.07) is 0. The van der Waals surface area contributed by atoms with Gasteiger partial charge in [-0.15, -0.1) is 0 Å². The van der Waals surface area contributed by atoms with Crippen molar-refractivity contribution in [3.8, 4) is 0 Å². The van der Waals surface area contributed by atoms with Crippen molar-refractivity contribution in [3.05, 3.63) is 60.8 Å². The van der Waals surface area contributed by atoms with Crippen LogP contribution in [0.2, 0.25) is 0 Å². The molecule has 0 saturated heterocycles. The van der Waals surface area contributed by atoms with Gasteiger partial charge in [-0.25, -0.2) is 0 Å². The van der Waals surface area contributed by atoms with Crippen LogP contribution in [0.4, 0.5) is 0 Å². The molecule has 0 aliphatic rings. The first-order chi connectivity index (χ1) is 31.5. The van der Waals surface area contributed by atoms with Crippen molar-refractivity contribution in [2.24, 2.45) is 0 Å². The minimum Gasteiger partial charge on any atom is -0.462 e. The van der Waals surface area contributed by atoms with E-state index in [4.69, 9.17) is 14.2 Å². The van der Waals surface area contributed by atoms with Crippen molar-refractivity contribution < 1.29 is 28.6 Å². The van der Waals surface area contributed by atoms with Crippen LogP contribution in [0.25, 0.3) is 0 Å². The third kappa shape index (κ3) is 50.1. The van der Waals surface area contributed by atoms with Crippen molar-refractivity contribution in [3.63, 3.8) is 0 Å². The first-order valence-corrected chi connectivity index (χ1v) is 27.3. The Morgan fingerprint density at radius 1 is 0.328 bits per heavy atom. The summed E-state index contributed by atoms with van der Waals surface area (Å²) in [5, 5.41) is 0. The van der Waals surface area contributed by atoms with Gasteiger partial charge in [-0.3, -0.25) is 14.4 Å². The molecule has 0 heterocycles. The zero-order valence-corrected chi connectivity index (χ0v) is 42.3. The normalized spacial score (nSPS) is 12.5. The van der Waals surface area contributed by atoms with Gasteiger partial charge in [-0.1, -0.05) is 248 Å². The zero-order valence-electron chi connectivity index (χ0n) is 42.3. The van der Waals surface area contributed by atoms with Gasteiger partial charge in [0.1, 0.15) is 13.2 Å². The fourth-order valence-electron chi connectivity index (χ4n) is 7.70. The maximum atomic E-state index is 12.7. The van der Waals surface area contributed by atoms with Crippen LogP contribution in [0.3, 0.4) is 0 Å². The third-order valence-electron chi connectivity index (χ3n) is 11.8. The molecular weight excluding hydrogens is 793 g/mol. The summed E-state index contributed by atoms with van der Waals surface area (Å²) < 4.78 is 16.7. The van der Waals surface area contributed by atoms with Crippen LogP contribution >= 0.6 is 0 Å². The van der Waals surface area contributed by atoms with Gasteiger partial charge in [0.2, 0.25) is 0 Å². The van der Waals surface area contributed by atoms with Crippen molar-refractivity contribution in [2.45, 2.75) is 277 Å². The Labute approximate surface area is 396 Å². The molecule has 1 atom stereocenters. The van der Waals surface area contributed by atoms with E-state index < -0.39 is 6.10 Å². The van der Waals surface area contributed by atoms with Crippen LogP contribution in [0.1, 0.15) is 271 Å². The molecule has 0 aromatic heterocycles. The van der Waals surface area contributed by atoms with Gasteiger partial charge >= 0.3 is 17.9 Å². The number of hydrogen-bond acceptors (Lipinski definition) is 6. The molecule has 0 amide bonds. The average Bonchev–Trinajstić information content (AvgIpc) is 3.29. The second-order valence-electron chi connectivity index (χ2n) is 18.1. The summed E-state index contributed by atoms with van der Waals surface area (Å²) in [4.78, 5) is 37.7. The van der Waals surface area contributed by atoms with Gasteiger partial charge in [0, 0.05) is 19.3 Å². The maximum Gasteiger partial charge on any atom is 0.306 e. The highest BCUT2D eigenvalue weighted by Gasteiger charge is 2.19. The Bertz CT molecular complexity index is 1170. The van der Waals surface area contributed by atoms with Crippen molar-refractivity contribution in [1.29, 1.82) is 0 Å². The van der Waals surface area contributed by atoms with E-state index >= 15 is 0 Å². The molecule has 6 nitrogen and oxygen atoms in total. The molecule has 0 fully saturated rings. The maximum absolute atomic E-state index is 12.7.